The lowest BCUT2D eigenvalue weighted by molar-refractivity contribution is -0.384. The molecule has 0 bridgehead atoms. The number of nitrogen functional groups attached to an aromatic ring is 1. The number of anilines is 2. The van der Waals surface area contributed by atoms with Crippen molar-refractivity contribution in [2.24, 2.45) is 5.84 Å². The lowest BCUT2D eigenvalue weighted by Gasteiger charge is -2.32. The third-order valence-corrected chi connectivity index (χ3v) is 3.26. The second kappa shape index (κ2) is 7.11. The van der Waals surface area contributed by atoms with Gasteiger partial charge in [-0.05, 0) is 12.8 Å². The van der Waals surface area contributed by atoms with Gasteiger partial charge in [-0.1, -0.05) is 0 Å². The van der Waals surface area contributed by atoms with Gasteiger partial charge < -0.3 is 14.7 Å². The molecule has 0 saturated carbocycles. The van der Waals surface area contributed by atoms with E-state index in [0.29, 0.717) is 32.5 Å². The first-order valence-electron chi connectivity index (χ1n) is 6.61. The smallest absolute Gasteiger partial charge is 0.329 e. The Morgan fingerprint density at radius 2 is 2.29 bits per heavy atom. The van der Waals surface area contributed by atoms with Gasteiger partial charge in [0.2, 0.25) is 11.8 Å². The van der Waals surface area contributed by atoms with Crippen molar-refractivity contribution in [1.82, 2.24) is 9.97 Å². The Balaban J connectivity index is 2.09. The summed E-state index contributed by atoms with van der Waals surface area (Å²) in [5.74, 6) is 5.63. The summed E-state index contributed by atoms with van der Waals surface area (Å²) >= 11 is 0. The number of nitro groups is 1. The van der Waals surface area contributed by atoms with Gasteiger partial charge in [0.15, 0.2) is 0 Å². The van der Waals surface area contributed by atoms with E-state index in [-0.39, 0.29) is 30.2 Å². The van der Waals surface area contributed by atoms with Gasteiger partial charge in [0.1, 0.15) is 6.20 Å². The summed E-state index contributed by atoms with van der Waals surface area (Å²) < 4.78 is 5.46. The van der Waals surface area contributed by atoms with Crippen LogP contribution in [0.4, 0.5) is 17.5 Å². The third kappa shape index (κ3) is 3.74. The van der Waals surface area contributed by atoms with Gasteiger partial charge >= 0.3 is 5.69 Å². The fourth-order valence-electron chi connectivity index (χ4n) is 2.25. The van der Waals surface area contributed by atoms with Crippen molar-refractivity contribution in [3.8, 4) is 0 Å². The van der Waals surface area contributed by atoms with E-state index >= 15 is 0 Å². The summed E-state index contributed by atoms with van der Waals surface area (Å²) in [4.78, 5) is 20.2. The fourth-order valence-corrected chi connectivity index (χ4v) is 2.25. The highest BCUT2D eigenvalue weighted by molar-refractivity contribution is 5.59. The van der Waals surface area contributed by atoms with Crippen LogP contribution in [0, 0.1) is 10.1 Å². The lowest BCUT2D eigenvalue weighted by atomic mass is 10.1. The maximum atomic E-state index is 11.1. The molecule has 0 unspecified atom stereocenters. The molecule has 0 amide bonds. The maximum absolute atomic E-state index is 11.1. The second-order valence-corrected chi connectivity index (χ2v) is 4.58. The number of hydrogen-bond acceptors (Lipinski definition) is 9. The molecule has 1 aliphatic rings. The Labute approximate surface area is 121 Å². The van der Waals surface area contributed by atoms with Crippen molar-refractivity contribution >= 4 is 17.5 Å². The molecule has 116 valence electrons. The van der Waals surface area contributed by atoms with Crippen LogP contribution in [-0.2, 0) is 4.74 Å². The number of piperidine rings is 1. The van der Waals surface area contributed by atoms with E-state index in [0.717, 1.165) is 6.20 Å². The first-order chi connectivity index (χ1) is 10.2. The number of aromatic nitrogens is 2. The van der Waals surface area contributed by atoms with Crippen molar-refractivity contribution in [3.63, 3.8) is 0 Å². The predicted octanol–water partition coefficient (Wildman–Crippen LogP) is -0.352. The molecule has 0 aromatic carbocycles. The Bertz CT molecular complexity index is 492. The maximum Gasteiger partial charge on any atom is 0.329 e. The van der Waals surface area contributed by atoms with E-state index in [1.165, 1.54) is 0 Å². The molecule has 1 aromatic heterocycles. The molecule has 0 atom stereocenters. The summed E-state index contributed by atoms with van der Waals surface area (Å²) in [5, 5.41) is 19.8. The molecule has 1 aromatic rings. The highest BCUT2D eigenvalue weighted by atomic mass is 16.6. The third-order valence-electron chi connectivity index (χ3n) is 3.26. The minimum atomic E-state index is -0.510. The molecular formula is C11H18N6O4. The molecule has 1 aliphatic heterocycles. The largest absolute Gasteiger partial charge is 0.394 e. The predicted molar refractivity (Wildman–Crippen MR) is 74.8 cm³/mol. The molecule has 1 saturated heterocycles. The SMILES string of the molecule is NNc1ncc([N+](=O)[O-])c(N2CCC(OCCO)CC2)n1. The number of hydrazine groups is 1. The van der Waals surface area contributed by atoms with Crippen LogP contribution in [0.3, 0.4) is 0 Å². The minimum absolute atomic E-state index is 0.0108. The molecule has 2 heterocycles. The highest BCUT2D eigenvalue weighted by Crippen LogP contribution is 2.28. The van der Waals surface area contributed by atoms with Gasteiger partial charge in [0, 0.05) is 13.1 Å². The van der Waals surface area contributed by atoms with E-state index in [2.05, 4.69) is 15.4 Å². The number of ether oxygens (including phenoxy) is 1. The van der Waals surface area contributed by atoms with Gasteiger partial charge in [-0.2, -0.15) is 4.98 Å². The van der Waals surface area contributed by atoms with E-state index in [9.17, 15) is 10.1 Å². The summed E-state index contributed by atoms with van der Waals surface area (Å²) in [6.07, 6.45) is 2.63. The van der Waals surface area contributed by atoms with E-state index in [1.54, 1.807) is 0 Å². The number of aliphatic hydroxyl groups is 1. The van der Waals surface area contributed by atoms with Crippen molar-refractivity contribution in [2.75, 3.05) is 36.6 Å². The van der Waals surface area contributed by atoms with Crippen LogP contribution in [0.5, 0.6) is 0 Å². The Hall–Kier alpha value is -2.04. The molecule has 2 rings (SSSR count). The second-order valence-electron chi connectivity index (χ2n) is 4.58. The van der Waals surface area contributed by atoms with Crippen molar-refractivity contribution in [2.45, 2.75) is 18.9 Å². The van der Waals surface area contributed by atoms with Crippen molar-refractivity contribution in [1.29, 1.82) is 0 Å². The van der Waals surface area contributed by atoms with Gasteiger partial charge in [0.05, 0.1) is 24.2 Å². The van der Waals surface area contributed by atoms with Crippen LogP contribution in [-0.4, -0.2) is 52.4 Å². The van der Waals surface area contributed by atoms with Crippen LogP contribution in [0.2, 0.25) is 0 Å². The first kappa shape index (κ1) is 15.4. The van der Waals surface area contributed by atoms with Crippen LogP contribution >= 0.6 is 0 Å². The number of nitrogens with two attached hydrogens (primary N) is 1. The quantitative estimate of drug-likeness (QED) is 0.365. The number of rotatable bonds is 6. The summed E-state index contributed by atoms with van der Waals surface area (Å²) in [6.45, 7) is 1.46. The van der Waals surface area contributed by atoms with Gasteiger partial charge in [-0.15, -0.1) is 0 Å². The zero-order valence-corrected chi connectivity index (χ0v) is 11.4. The molecule has 0 spiro atoms. The first-order valence-corrected chi connectivity index (χ1v) is 6.61. The monoisotopic (exact) mass is 298 g/mol. The molecular weight excluding hydrogens is 280 g/mol. The highest BCUT2D eigenvalue weighted by Gasteiger charge is 2.27. The molecule has 4 N–H and O–H groups in total. The molecule has 10 heteroatoms. The topological polar surface area (TPSA) is 140 Å². The van der Waals surface area contributed by atoms with Crippen molar-refractivity contribution in [3.05, 3.63) is 16.3 Å². The summed E-state index contributed by atoms with van der Waals surface area (Å²) in [7, 11) is 0. The van der Waals surface area contributed by atoms with E-state index < -0.39 is 4.92 Å². The van der Waals surface area contributed by atoms with Crippen LogP contribution in [0.1, 0.15) is 12.8 Å². The molecule has 0 radical (unpaired) electrons. The van der Waals surface area contributed by atoms with Gasteiger partial charge in [0.25, 0.3) is 0 Å². The molecule has 0 aliphatic carbocycles. The van der Waals surface area contributed by atoms with Crippen LogP contribution < -0.4 is 16.2 Å². The number of hydrogen-bond donors (Lipinski definition) is 3. The lowest BCUT2D eigenvalue weighted by Crippen LogP contribution is -2.38. The molecule has 10 nitrogen and oxygen atoms in total. The number of aliphatic hydroxyl groups excluding tert-OH is 1. The Morgan fingerprint density at radius 1 is 1.57 bits per heavy atom. The summed E-state index contributed by atoms with van der Waals surface area (Å²) in [6, 6.07) is 0. The minimum Gasteiger partial charge on any atom is -0.394 e. The van der Waals surface area contributed by atoms with E-state index in [1.807, 2.05) is 4.90 Å². The van der Waals surface area contributed by atoms with Gasteiger partial charge in [-0.25, -0.2) is 10.8 Å². The zero-order chi connectivity index (χ0) is 15.2. The van der Waals surface area contributed by atoms with Crippen LogP contribution in [0.25, 0.3) is 0 Å². The average molecular weight is 298 g/mol. The van der Waals surface area contributed by atoms with Crippen molar-refractivity contribution < 1.29 is 14.8 Å². The molecule has 1 fully saturated rings. The number of nitrogens with zero attached hydrogens (tertiary/aromatic N) is 4. The number of nitrogens with one attached hydrogen (secondary N) is 1. The Morgan fingerprint density at radius 3 is 2.86 bits per heavy atom. The van der Waals surface area contributed by atoms with E-state index in [4.69, 9.17) is 15.7 Å². The van der Waals surface area contributed by atoms with Crippen LogP contribution in [0.15, 0.2) is 6.20 Å². The average Bonchev–Trinajstić information content (AvgIpc) is 2.52. The Kier molecular flexibility index (Phi) is 5.20. The standard InChI is InChI=1S/C11H18N6O4/c12-15-11-13-7-9(17(19)20)10(14-11)16-3-1-8(2-4-16)21-6-5-18/h7-8,18H,1-6,12H2,(H,13,14,15). The molecule has 21 heavy (non-hydrogen) atoms. The summed E-state index contributed by atoms with van der Waals surface area (Å²) in [5.41, 5.74) is 2.14. The van der Waals surface area contributed by atoms with Gasteiger partial charge in [-0.3, -0.25) is 15.5 Å². The zero-order valence-electron chi connectivity index (χ0n) is 11.4. The fraction of sp³-hybridized carbons (Fsp3) is 0.636. The normalized spacial score (nSPS) is 16.0.